The minimum Gasteiger partial charge on any atom is -0.348 e. The number of hydrogen-bond donors (Lipinski definition) is 2. The number of nitrogens with one attached hydrogen (secondary N) is 2. The minimum absolute atomic E-state index is 0.124. The summed E-state index contributed by atoms with van der Waals surface area (Å²) < 4.78 is 0. The lowest BCUT2D eigenvalue weighted by Gasteiger charge is -2.30. The molecule has 0 spiro atoms. The van der Waals surface area contributed by atoms with Crippen LogP contribution in [0.25, 0.3) is 0 Å². The molecule has 0 bridgehead atoms. The number of benzene rings is 1. The zero-order valence-electron chi connectivity index (χ0n) is 13.8. The predicted molar refractivity (Wildman–Crippen MR) is 89.7 cm³/mol. The summed E-state index contributed by atoms with van der Waals surface area (Å²) in [5, 5.41) is 6.74. The first-order valence-corrected chi connectivity index (χ1v) is 8.79. The number of rotatable bonds is 3. The molecule has 1 aliphatic heterocycles. The summed E-state index contributed by atoms with van der Waals surface area (Å²) in [7, 11) is 0. The number of carbonyl (C=O) groups excluding carboxylic acids is 1. The lowest BCUT2D eigenvalue weighted by atomic mass is 9.87. The first-order chi connectivity index (χ1) is 10.6. The highest BCUT2D eigenvalue weighted by Gasteiger charge is 2.26. The van der Waals surface area contributed by atoms with Crippen LogP contribution in [0.15, 0.2) is 18.2 Å². The number of amides is 1. The van der Waals surface area contributed by atoms with Gasteiger partial charge in [0.1, 0.15) is 0 Å². The monoisotopic (exact) mass is 300 g/mol. The minimum atomic E-state index is 0.124. The molecule has 1 heterocycles. The summed E-state index contributed by atoms with van der Waals surface area (Å²) >= 11 is 0. The lowest BCUT2D eigenvalue weighted by molar-refractivity contribution is -0.126. The van der Waals surface area contributed by atoms with Crippen LogP contribution in [0.5, 0.6) is 0 Å². The first-order valence-electron chi connectivity index (χ1n) is 8.79. The quantitative estimate of drug-likeness (QED) is 0.894. The van der Waals surface area contributed by atoms with Crippen molar-refractivity contribution in [2.24, 2.45) is 5.92 Å². The molecule has 0 radical (unpaired) electrons. The molecule has 3 rings (SSSR count). The van der Waals surface area contributed by atoms with Crippen molar-refractivity contribution in [3.8, 4) is 0 Å². The Labute approximate surface area is 133 Å². The van der Waals surface area contributed by atoms with Gasteiger partial charge in [-0.15, -0.1) is 0 Å². The van der Waals surface area contributed by atoms with Crippen LogP contribution in [0.3, 0.4) is 0 Å². The molecule has 1 fully saturated rings. The van der Waals surface area contributed by atoms with Gasteiger partial charge in [0.25, 0.3) is 0 Å². The molecule has 0 aromatic heterocycles. The normalized spacial score (nSPS) is 22.4. The van der Waals surface area contributed by atoms with Crippen LogP contribution in [0.4, 0.5) is 0 Å². The third-order valence-corrected chi connectivity index (χ3v) is 5.17. The summed E-state index contributed by atoms with van der Waals surface area (Å²) in [5.74, 6) is 1.03. The van der Waals surface area contributed by atoms with E-state index < -0.39 is 0 Å². The SMILES string of the molecule is CC(C)c1ccc2c(c1)CNCC2NC(=O)C1CCCCC1. The summed E-state index contributed by atoms with van der Waals surface area (Å²) in [4.78, 5) is 12.5. The van der Waals surface area contributed by atoms with Crippen LogP contribution < -0.4 is 10.6 Å². The Hall–Kier alpha value is -1.35. The highest BCUT2D eigenvalue weighted by Crippen LogP contribution is 2.28. The number of fused-ring (bicyclic) bond motifs is 1. The molecule has 1 saturated carbocycles. The van der Waals surface area contributed by atoms with Crippen molar-refractivity contribution in [2.75, 3.05) is 6.54 Å². The Morgan fingerprint density at radius 3 is 2.73 bits per heavy atom. The van der Waals surface area contributed by atoms with Crippen molar-refractivity contribution in [1.82, 2.24) is 10.6 Å². The summed E-state index contributed by atoms with van der Waals surface area (Å²) in [6, 6.07) is 6.86. The van der Waals surface area contributed by atoms with Gasteiger partial charge in [-0.25, -0.2) is 0 Å². The summed E-state index contributed by atoms with van der Waals surface area (Å²) in [6.45, 7) is 6.19. The standard InChI is InChI=1S/C19H28N2O/c1-13(2)15-8-9-17-16(10-15)11-20-12-18(17)21-19(22)14-6-4-3-5-7-14/h8-10,13-14,18,20H,3-7,11-12H2,1-2H3,(H,21,22). The van der Waals surface area contributed by atoms with Gasteiger partial charge in [0.2, 0.25) is 5.91 Å². The van der Waals surface area contributed by atoms with E-state index in [1.807, 2.05) is 0 Å². The molecule has 1 atom stereocenters. The van der Waals surface area contributed by atoms with Crippen molar-refractivity contribution in [2.45, 2.75) is 64.5 Å². The van der Waals surface area contributed by atoms with Gasteiger partial charge in [-0.3, -0.25) is 4.79 Å². The third kappa shape index (κ3) is 3.35. The molecule has 1 unspecified atom stereocenters. The van der Waals surface area contributed by atoms with Gasteiger partial charge in [-0.2, -0.15) is 0 Å². The highest BCUT2D eigenvalue weighted by molar-refractivity contribution is 5.79. The van der Waals surface area contributed by atoms with Gasteiger partial charge in [-0.05, 0) is 35.4 Å². The molecule has 22 heavy (non-hydrogen) atoms. The van der Waals surface area contributed by atoms with Crippen LogP contribution in [-0.4, -0.2) is 12.5 Å². The maximum atomic E-state index is 12.5. The van der Waals surface area contributed by atoms with Crippen LogP contribution >= 0.6 is 0 Å². The molecule has 1 aromatic rings. The van der Waals surface area contributed by atoms with Gasteiger partial charge >= 0.3 is 0 Å². The van der Waals surface area contributed by atoms with Crippen LogP contribution in [-0.2, 0) is 11.3 Å². The highest BCUT2D eigenvalue weighted by atomic mass is 16.1. The van der Waals surface area contributed by atoms with Gasteiger partial charge in [0, 0.05) is 19.0 Å². The predicted octanol–water partition coefficient (Wildman–Crippen LogP) is 3.65. The zero-order valence-corrected chi connectivity index (χ0v) is 13.8. The van der Waals surface area contributed by atoms with Gasteiger partial charge < -0.3 is 10.6 Å². The lowest BCUT2D eigenvalue weighted by Crippen LogP contribution is -2.42. The Bertz CT molecular complexity index is 532. The fraction of sp³-hybridized carbons (Fsp3) is 0.632. The third-order valence-electron chi connectivity index (χ3n) is 5.17. The molecule has 1 aliphatic carbocycles. The molecule has 3 heteroatoms. The van der Waals surface area contributed by atoms with E-state index in [0.29, 0.717) is 5.92 Å². The van der Waals surface area contributed by atoms with Crippen LogP contribution in [0.2, 0.25) is 0 Å². The van der Waals surface area contributed by atoms with Crippen LogP contribution in [0, 0.1) is 5.92 Å². The number of carbonyl (C=O) groups is 1. The smallest absolute Gasteiger partial charge is 0.223 e. The van der Waals surface area contributed by atoms with E-state index in [1.165, 1.54) is 36.0 Å². The fourth-order valence-electron chi connectivity index (χ4n) is 3.72. The largest absolute Gasteiger partial charge is 0.348 e. The van der Waals surface area contributed by atoms with E-state index in [-0.39, 0.29) is 17.9 Å². The maximum absolute atomic E-state index is 12.5. The Morgan fingerprint density at radius 1 is 1.23 bits per heavy atom. The van der Waals surface area contributed by atoms with Gasteiger partial charge in [-0.1, -0.05) is 51.3 Å². The van der Waals surface area contributed by atoms with Crippen molar-refractivity contribution in [3.05, 3.63) is 34.9 Å². The second-order valence-corrected chi connectivity index (χ2v) is 7.14. The molecule has 120 valence electrons. The molecule has 2 aliphatic rings. The molecule has 1 amide bonds. The summed E-state index contributed by atoms with van der Waals surface area (Å²) in [5.41, 5.74) is 4.01. The molecule has 3 nitrogen and oxygen atoms in total. The van der Waals surface area contributed by atoms with E-state index in [2.05, 4.69) is 42.7 Å². The van der Waals surface area contributed by atoms with Crippen molar-refractivity contribution >= 4 is 5.91 Å². The van der Waals surface area contributed by atoms with Crippen molar-refractivity contribution < 1.29 is 4.79 Å². The van der Waals surface area contributed by atoms with E-state index in [0.717, 1.165) is 25.9 Å². The zero-order chi connectivity index (χ0) is 15.5. The molecule has 1 aromatic carbocycles. The fourth-order valence-corrected chi connectivity index (χ4v) is 3.72. The van der Waals surface area contributed by atoms with Crippen molar-refractivity contribution in [1.29, 1.82) is 0 Å². The number of hydrogen-bond acceptors (Lipinski definition) is 2. The topological polar surface area (TPSA) is 41.1 Å². The van der Waals surface area contributed by atoms with E-state index in [9.17, 15) is 4.79 Å². The second kappa shape index (κ2) is 6.82. The molecule has 2 N–H and O–H groups in total. The van der Waals surface area contributed by atoms with E-state index >= 15 is 0 Å². The molecular formula is C19H28N2O. The maximum Gasteiger partial charge on any atom is 0.223 e. The summed E-state index contributed by atoms with van der Waals surface area (Å²) in [6.07, 6.45) is 5.82. The molecular weight excluding hydrogens is 272 g/mol. The van der Waals surface area contributed by atoms with Gasteiger partial charge in [0.15, 0.2) is 0 Å². The Kier molecular flexibility index (Phi) is 4.82. The van der Waals surface area contributed by atoms with E-state index in [4.69, 9.17) is 0 Å². The average Bonchev–Trinajstić information content (AvgIpc) is 2.55. The van der Waals surface area contributed by atoms with Crippen molar-refractivity contribution in [3.63, 3.8) is 0 Å². The average molecular weight is 300 g/mol. The second-order valence-electron chi connectivity index (χ2n) is 7.14. The molecule has 0 saturated heterocycles. The van der Waals surface area contributed by atoms with E-state index in [1.54, 1.807) is 0 Å². The first kappa shape index (κ1) is 15.5. The van der Waals surface area contributed by atoms with Crippen LogP contribution in [0.1, 0.15) is 74.6 Å². The Balaban J connectivity index is 1.72. The Morgan fingerprint density at radius 2 is 2.00 bits per heavy atom. The van der Waals surface area contributed by atoms with Gasteiger partial charge in [0.05, 0.1) is 6.04 Å².